The molecule has 1 spiro atoms. The number of ether oxygens (including phenoxy) is 1. The SMILES string of the molecule is Cn1c(=O)[nH]c2ccc(-c3ccc4c(c3)CCC3(CCNCC3)O4)cc21. The Labute approximate surface area is 152 Å². The number of aromatic nitrogens is 2. The maximum absolute atomic E-state index is 11.8. The van der Waals surface area contributed by atoms with E-state index in [9.17, 15) is 4.79 Å². The van der Waals surface area contributed by atoms with Gasteiger partial charge in [0.05, 0.1) is 11.0 Å². The second kappa shape index (κ2) is 5.74. The molecule has 5 nitrogen and oxygen atoms in total. The normalized spacial score (nSPS) is 18.7. The molecular weight excluding hydrogens is 326 g/mol. The Bertz CT molecular complexity index is 1040. The van der Waals surface area contributed by atoms with Crippen molar-refractivity contribution in [3.05, 3.63) is 52.4 Å². The number of aromatic amines is 1. The first-order valence-electron chi connectivity index (χ1n) is 9.35. The van der Waals surface area contributed by atoms with Crippen molar-refractivity contribution in [2.75, 3.05) is 13.1 Å². The van der Waals surface area contributed by atoms with E-state index in [2.05, 4.69) is 40.6 Å². The van der Waals surface area contributed by atoms with Crippen LogP contribution in [0.15, 0.2) is 41.2 Å². The summed E-state index contributed by atoms with van der Waals surface area (Å²) in [6.45, 7) is 2.09. The van der Waals surface area contributed by atoms with Gasteiger partial charge in [-0.05, 0) is 79.7 Å². The molecule has 0 atom stereocenters. The molecule has 2 N–H and O–H groups in total. The first kappa shape index (κ1) is 15.7. The minimum Gasteiger partial charge on any atom is -0.487 e. The van der Waals surface area contributed by atoms with Crippen molar-refractivity contribution in [2.45, 2.75) is 31.3 Å². The van der Waals surface area contributed by atoms with E-state index in [-0.39, 0.29) is 11.3 Å². The molecule has 1 fully saturated rings. The van der Waals surface area contributed by atoms with E-state index in [0.717, 1.165) is 61.1 Å². The third-order valence-corrected chi connectivity index (χ3v) is 5.99. The zero-order valence-corrected chi connectivity index (χ0v) is 15.0. The molecule has 1 aromatic heterocycles. The van der Waals surface area contributed by atoms with E-state index in [4.69, 9.17) is 4.74 Å². The van der Waals surface area contributed by atoms with Crippen molar-refractivity contribution in [1.82, 2.24) is 14.9 Å². The predicted octanol–water partition coefficient (Wildman–Crippen LogP) is 2.98. The zero-order chi connectivity index (χ0) is 17.7. The van der Waals surface area contributed by atoms with Gasteiger partial charge in [-0.3, -0.25) is 4.57 Å². The van der Waals surface area contributed by atoms with Gasteiger partial charge in [-0.25, -0.2) is 4.79 Å². The van der Waals surface area contributed by atoms with Gasteiger partial charge in [0, 0.05) is 7.05 Å². The summed E-state index contributed by atoms with van der Waals surface area (Å²) in [6, 6.07) is 12.6. The monoisotopic (exact) mass is 349 g/mol. The summed E-state index contributed by atoms with van der Waals surface area (Å²) in [5, 5.41) is 3.42. The van der Waals surface area contributed by atoms with Crippen molar-refractivity contribution in [3.8, 4) is 16.9 Å². The van der Waals surface area contributed by atoms with Gasteiger partial charge in [0.2, 0.25) is 0 Å². The summed E-state index contributed by atoms with van der Waals surface area (Å²) >= 11 is 0. The van der Waals surface area contributed by atoms with E-state index in [1.807, 2.05) is 6.07 Å². The van der Waals surface area contributed by atoms with Crippen LogP contribution in [0.25, 0.3) is 22.2 Å². The fraction of sp³-hybridized carbons (Fsp3) is 0.381. The number of aryl methyl sites for hydroxylation is 2. The number of benzene rings is 2. The third kappa shape index (κ3) is 2.46. The highest BCUT2D eigenvalue weighted by Crippen LogP contribution is 2.39. The zero-order valence-electron chi connectivity index (χ0n) is 15.0. The van der Waals surface area contributed by atoms with E-state index in [0.29, 0.717) is 0 Å². The number of nitrogens with zero attached hydrogens (tertiary/aromatic N) is 1. The lowest BCUT2D eigenvalue weighted by Crippen LogP contribution is -2.48. The molecular formula is C21H23N3O2. The highest BCUT2D eigenvalue weighted by Gasteiger charge is 2.37. The molecule has 5 rings (SSSR count). The van der Waals surface area contributed by atoms with Crippen LogP contribution in [0.4, 0.5) is 0 Å². The number of fused-ring (bicyclic) bond motifs is 2. The van der Waals surface area contributed by atoms with Gasteiger partial charge >= 0.3 is 5.69 Å². The first-order valence-corrected chi connectivity index (χ1v) is 9.35. The fourth-order valence-corrected chi connectivity index (χ4v) is 4.34. The second-order valence-corrected chi connectivity index (χ2v) is 7.58. The van der Waals surface area contributed by atoms with Gasteiger partial charge in [0.1, 0.15) is 11.4 Å². The Morgan fingerprint density at radius 1 is 1.04 bits per heavy atom. The summed E-state index contributed by atoms with van der Waals surface area (Å²) in [5.41, 5.74) is 5.33. The summed E-state index contributed by atoms with van der Waals surface area (Å²) in [5.74, 6) is 1.04. The average Bonchev–Trinajstić information content (AvgIpc) is 2.96. The van der Waals surface area contributed by atoms with Crippen LogP contribution in [0.3, 0.4) is 0 Å². The number of piperidine rings is 1. The molecule has 2 aliphatic heterocycles. The number of imidazole rings is 1. The topological polar surface area (TPSA) is 59.0 Å². The summed E-state index contributed by atoms with van der Waals surface area (Å²) in [7, 11) is 1.80. The average molecular weight is 349 g/mol. The van der Waals surface area contributed by atoms with E-state index >= 15 is 0 Å². The smallest absolute Gasteiger partial charge is 0.326 e. The van der Waals surface area contributed by atoms with Crippen LogP contribution in [-0.4, -0.2) is 28.2 Å². The molecule has 2 aliphatic rings. The minimum absolute atomic E-state index is 0.0298. The molecule has 3 aromatic rings. The molecule has 0 saturated carbocycles. The van der Waals surface area contributed by atoms with E-state index < -0.39 is 0 Å². The van der Waals surface area contributed by atoms with Crippen molar-refractivity contribution in [1.29, 1.82) is 0 Å². The molecule has 1 saturated heterocycles. The highest BCUT2D eigenvalue weighted by molar-refractivity contribution is 5.82. The van der Waals surface area contributed by atoms with E-state index in [1.165, 1.54) is 11.1 Å². The Morgan fingerprint density at radius 2 is 1.81 bits per heavy atom. The molecule has 0 bridgehead atoms. The van der Waals surface area contributed by atoms with Crippen molar-refractivity contribution < 1.29 is 4.74 Å². The van der Waals surface area contributed by atoms with Gasteiger partial charge in [0.15, 0.2) is 0 Å². The standard InChI is InChI=1S/C21H23N3O2/c1-24-18-13-15(2-4-17(18)23-20(24)25)14-3-5-19-16(12-14)6-7-21(26-19)8-10-22-11-9-21/h2-5,12-13,22H,6-11H2,1H3,(H,23,25). The third-order valence-electron chi connectivity index (χ3n) is 5.99. The molecule has 0 aliphatic carbocycles. The molecule has 3 heterocycles. The Balaban J connectivity index is 1.50. The van der Waals surface area contributed by atoms with Crippen molar-refractivity contribution in [3.63, 3.8) is 0 Å². The van der Waals surface area contributed by atoms with Crippen LogP contribution in [0.5, 0.6) is 5.75 Å². The van der Waals surface area contributed by atoms with Crippen molar-refractivity contribution in [2.24, 2.45) is 7.05 Å². The second-order valence-electron chi connectivity index (χ2n) is 7.58. The molecule has 2 aromatic carbocycles. The largest absolute Gasteiger partial charge is 0.487 e. The van der Waals surface area contributed by atoms with Crippen LogP contribution >= 0.6 is 0 Å². The fourth-order valence-electron chi connectivity index (χ4n) is 4.34. The molecule has 134 valence electrons. The van der Waals surface area contributed by atoms with E-state index in [1.54, 1.807) is 11.6 Å². The van der Waals surface area contributed by atoms with Crippen LogP contribution < -0.4 is 15.7 Å². The lowest BCUT2D eigenvalue weighted by molar-refractivity contribution is 0.0170. The number of H-pyrrole nitrogens is 1. The van der Waals surface area contributed by atoms with Gasteiger partial charge in [-0.1, -0.05) is 12.1 Å². The number of hydrogen-bond acceptors (Lipinski definition) is 3. The predicted molar refractivity (Wildman–Crippen MR) is 103 cm³/mol. The number of hydrogen-bond donors (Lipinski definition) is 2. The minimum atomic E-state index is -0.0803. The maximum atomic E-state index is 11.8. The van der Waals surface area contributed by atoms with Gasteiger partial charge in [-0.15, -0.1) is 0 Å². The summed E-state index contributed by atoms with van der Waals surface area (Å²) < 4.78 is 8.11. The molecule has 0 amide bonds. The Morgan fingerprint density at radius 3 is 2.65 bits per heavy atom. The molecule has 0 unspecified atom stereocenters. The summed E-state index contributed by atoms with van der Waals surface area (Å²) in [4.78, 5) is 14.7. The van der Waals surface area contributed by atoms with Gasteiger partial charge in [0.25, 0.3) is 0 Å². The lowest BCUT2D eigenvalue weighted by atomic mass is 9.83. The lowest BCUT2D eigenvalue weighted by Gasteiger charge is -2.41. The molecule has 5 heteroatoms. The molecule has 26 heavy (non-hydrogen) atoms. The van der Waals surface area contributed by atoms with Crippen LogP contribution in [0.1, 0.15) is 24.8 Å². The quantitative estimate of drug-likeness (QED) is 0.710. The van der Waals surface area contributed by atoms with Crippen molar-refractivity contribution >= 4 is 11.0 Å². The number of rotatable bonds is 1. The maximum Gasteiger partial charge on any atom is 0.326 e. The summed E-state index contributed by atoms with van der Waals surface area (Å²) in [6.07, 6.45) is 4.34. The van der Waals surface area contributed by atoms with Crippen LogP contribution in [-0.2, 0) is 13.5 Å². The van der Waals surface area contributed by atoms with Crippen LogP contribution in [0, 0.1) is 0 Å². The first-order chi connectivity index (χ1) is 12.6. The highest BCUT2D eigenvalue weighted by atomic mass is 16.5. The molecule has 0 radical (unpaired) electrons. The van der Waals surface area contributed by atoms with Gasteiger partial charge in [-0.2, -0.15) is 0 Å². The van der Waals surface area contributed by atoms with Crippen LogP contribution in [0.2, 0.25) is 0 Å². The Kier molecular flexibility index (Phi) is 3.47. The number of nitrogens with one attached hydrogen (secondary N) is 2. The van der Waals surface area contributed by atoms with Gasteiger partial charge < -0.3 is 15.0 Å². The Hall–Kier alpha value is -2.53.